The third-order valence-corrected chi connectivity index (χ3v) is 4.19. The predicted octanol–water partition coefficient (Wildman–Crippen LogP) is 4.36. The summed E-state index contributed by atoms with van der Waals surface area (Å²) in [5, 5.41) is 11.1. The molecule has 0 saturated heterocycles. The van der Waals surface area contributed by atoms with Crippen LogP contribution in [0, 0.1) is 0 Å². The van der Waals surface area contributed by atoms with Gasteiger partial charge in [0.15, 0.2) is 0 Å². The van der Waals surface area contributed by atoms with Crippen LogP contribution >= 0.6 is 15.9 Å². The van der Waals surface area contributed by atoms with Crippen molar-refractivity contribution in [3.05, 3.63) is 34.4 Å². The average Bonchev–Trinajstić information content (AvgIpc) is 2.82. The first-order chi connectivity index (χ1) is 8.25. The molecule has 0 aliphatic heterocycles. The Morgan fingerprint density at radius 1 is 1.24 bits per heavy atom. The van der Waals surface area contributed by atoms with E-state index in [9.17, 15) is 5.11 Å². The van der Waals surface area contributed by atoms with Gasteiger partial charge in [-0.05, 0) is 40.9 Å². The number of hydrogen-bond donors (Lipinski definition) is 1. The van der Waals surface area contributed by atoms with E-state index in [1.807, 2.05) is 24.3 Å². The summed E-state index contributed by atoms with van der Waals surface area (Å²) in [6.45, 7) is 0. The maximum absolute atomic E-state index is 10.1. The van der Waals surface area contributed by atoms with Crippen molar-refractivity contribution >= 4 is 26.8 Å². The summed E-state index contributed by atoms with van der Waals surface area (Å²) in [5.41, 5.74) is 1.83. The Bertz CT molecular complexity index is 561. The number of aromatic nitrogens is 1. The van der Waals surface area contributed by atoms with E-state index in [-0.39, 0.29) is 0 Å². The first kappa shape index (κ1) is 11.0. The van der Waals surface area contributed by atoms with Crippen LogP contribution in [0.4, 0.5) is 0 Å². The van der Waals surface area contributed by atoms with E-state index in [0.29, 0.717) is 11.7 Å². The second-order valence-electron chi connectivity index (χ2n) is 4.69. The minimum Gasteiger partial charge on any atom is -0.506 e. The van der Waals surface area contributed by atoms with Crippen LogP contribution in [0.5, 0.6) is 5.75 Å². The standard InChI is InChI=1S/C14H14BrNO/c15-11-7-3-6-10-8-12(17)14(16-13(10)11)9-4-1-2-5-9/h3,6-9,17H,1-2,4-5H2. The van der Waals surface area contributed by atoms with E-state index in [1.54, 1.807) is 0 Å². The molecular weight excluding hydrogens is 278 g/mol. The fraction of sp³-hybridized carbons (Fsp3) is 0.357. The highest BCUT2D eigenvalue weighted by Crippen LogP contribution is 2.39. The lowest BCUT2D eigenvalue weighted by molar-refractivity contribution is 0.457. The predicted molar refractivity (Wildman–Crippen MR) is 72.3 cm³/mol. The Labute approximate surface area is 109 Å². The number of para-hydroxylation sites is 1. The van der Waals surface area contributed by atoms with Gasteiger partial charge >= 0.3 is 0 Å². The number of aromatic hydroxyl groups is 1. The van der Waals surface area contributed by atoms with Gasteiger partial charge in [0, 0.05) is 15.8 Å². The van der Waals surface area contributed by atoms with Gasteiger partial charge in [0.05, 0.1) is 11.2 Å². The molecule has 2 aromatic rings. The Hall–Kier alpha value is -1.09. The zero-order chi connectivity index (χ0) is 11.8. The Kier molecular flexibility index (Phi) is 2.79. The molecule has 1 aliphatic carbocycles. The van der Waals surface area contributed by atoms with Crippen LogP contribution in [0.2, 0.25) is 0 Å². The summed E-state index contributed by atoms with van der Waals surface area (Å²) >= 11 is 3.52. The molecule has 0 unspecified atom stereocenters. The van der Waals surface area contributed by atoms with E-state index in [2.05, 4.69) is 20.9 Å². The van der Waals surface area contributed by atoms with Gasteiger partial charge in [0.25, 0.3) is 0 Å². The normalized spacial score (nSPS) is 16.8. The molecule has 0 atom stereocenters. The van der Waals surface area contributed by atoms with Crippen LogP contribution in [0.15, 0.2) is 28.7 Å². The van der Waals surface area contributed by atoms with Crippen molar-refractivity contribution in [3.8, 4) is 5.75 Å². The molecule has 1 aromatic carbocycles. The van der Waals surface area contributed by atoms with Crippen molar-refractivity contribution in [2.45, 2.75) is 31.6 Å². The summed E-state index contributed by atoms with van der Waals surface area (Å²) in [5.74, 6) is 0.786. The lowest BCUT2D eigenvalue weighted by Crippen LogP contribution is -1.97. The monoisotopic (exact) mass is 291 g/mol. The topological polar surface area (TPSA) is 33.1 Å². The molecule has 88 valence electrons. The molecule has 1 aliphatic rings. The van der Waals surface area contributed by atoms with Crippen molar-refractivity contribution in [2.24, 2.45) is 0 Å². The molecule has 1 fully saturated rings. The van der Waals surface area contributed by atoms with E-state index in [4.69, 9.17) is 0 Å². The molecule has 0 amide bonds. The van der Waals surface area contributed by atoms with Gasteiger partial charge in [-0.1, -0.05) is 25.0 Å². The largest absolute Gasteiger partial charge is 0.506 e. The summed E-state index contributed by atoms with van der Waals surface area (Å²) < 4.78 is 0.995. The fourth-order valence-corrected chi connectivity index (χ4v) is 3.14. The highest BCUT2D eigenvalue weighted by atomic mass is 79.9. The number of nitrogens with zero attached hydrogens (tertiary/aromatic N) is 1. The van der Waals surface area contributed by atoms with E-state index in [0.717, 1.165) is 33.9 Å². The zero-order valence-corrected chi connectivity index (χ0v) is 11.1. The molecule has 0 spiro atoms. The lowest BCUT2D eigenvalue weighted by Gasteiger charge is -2.12. The van der Waals surface area contributed by atoms with E-state index in [1.165, 1.54) is 12.8 Å². The first-order valence-electron chi connectivity index (χ1n) is 6.04. The van der Waals surface area contributed by atoms with Gasteiger partial charge in [0.1, 0.15) is 5.75 Å². The molecule has 2 nitrogen and oxygen atoms in total. The van der Waals surface area contributed by atoms with Gasteiger partial charge in [-0.15, -0.1) is 0 Å². The van der Waals surface area contributed by atoms with Gasteiger partial charge in [0.2, 0.25) is 0 Å². The SMILES string of the molecule is Oc1cc2cccc(Br)c2nc1C1CCCC1. The molecular formula is C14H14BrNO. The number of hydrogen-bond acceptors (Lipinski definition) is 2. The van der Waals surface area contributed by atoms with Crippen LogP contribution in [-0.4, -0.2) is 10.1 Å². The summed E-state index contributed by atoms with van der Waals surface area (Å²) in [6, 6.07) is 7.76. The highest BCUT2D eigenvalue weighted by molar-refractivity contribution is 9.10. The molecule has 1 heterocycles. The third kappa shape index (κ3) is 1.93. The maximum Gasteiger partial charge on any atom is 0.138 e. The Morgan fingerprint density at radius 3 is 2.76 bits per heavy atom. The number of pyridine rings is 1. The minimum absolute atomic E-state index is 0.350. The van der Waals surface area contributed by atoms with Gasteiger partial charge < -0.3 is 5.11 Å². The smallest absolute Gasteiger partial charge is 0.138 e. The fourth-order valence-electron chi connectivity index (χ4n) is 2.67. The molecule has 1 N–H and O–H groups in total. The van der Waals surface area contributed by atoms with Crippen molar-refractivity contribution in [3.63, 3.8) is 0 Å². The highest BCUT2D eigenvalue weighted by Gasteiger charge is 2.22. The zero-order valence-electron chi connectivity index (χ0n) is 9.49. The molecule has 3 heteroatoms. The summed E-state index contributed by atoms with van der Waals surface area (Å²) in [6.07, 6.45) is 4.80. The number of rotatable bonds is 1. The van der Waals surface area contributed by atoms with Gasteiger partial charge in [-0.2, -0.15) is 0 Å². The van der Waals surface area contributed by atoms with Crippen LogP contribution in [0.3, 0.4) is 0 Å². The average molecular weight is 292 g/mol. The summed E-state index contributed by atoms with van der Waals surface area (Å²) in [4.78, 5) is 4.66. The van der Waals surface area contributed by atoms with Crippen LogP contribution < -0.4 is 0 Å². The van der Waals surface area contributed by atoms with E-state index >= 15 is 0 Å². The molecule has 1 saturated carbocycles. The van der Waals surface area contributed by atoms with Crippen LogP contribution in [0.1, 0.15) is 37.3 Å². The number of fused-ring (bicyclic) bond motifs is 1. The summed E-state index contributed by atoms with van der Waals surface area (Å²) in [7, 11) is 0. The van der Waals surface area contributed by atoms with Crippen LogP contribution in [0.25, 0.3) is 10.9 Å². The minimum atomic E-state index is 0.350. The van der Waals surface area contributed by atoms with Crippen LogP contribution in [-0.2, 0) is 0 Å². The third-order valence-electron chi connectivity index (χ3n) is 3.55. The molecule has 1 aromatic heterocycles. The first-order valence-corrected chi connectivity index (χ1v) is 6.83. The molecule has 0 radical (unpaired) electrons. The maximum atomic E-state index is 10.1. The van der Waals surface area contributed by atoms with Crippen molar-refractivity contribution in [2.75, 3.05) is 0 Å². The van der Waals surface area contributed by atoms with Gasteiger partial charge in [-0.25, -0.2) is 4.98 Å². The number of benzene rings is 1. The molecule has 0 bridgehead atoms. The van der Waals surface area contributed by atoms with Crippen molar-refractivity contribution < 1.29 is 5.11 Å². The molecule has 17 heavy (non-hydrogen) atoms. The lowest BCUT2D eigenvalue weighted by atomic mass is 10.0. The second-order valence-corrected chi connectivity index (χ2v) is 5.54. The van der Waals surface area contributed by atoms with E-state index < -0.39 is 0 Å². The number of halogens is 1. The molecule has 3 rings (SSSR count). The Balaban J connectivity index is 2.18. The quantitative estimate of drug-likeness (QED) is 0.847. The Morgan fingerprint density at radius 2 is 2.00 bits per heavy atom. The second kappa shape index (κ2) is 4.30. The van der Waals surface area contributed by atoms with Crippen molar-refractivity contribution in [1.29, 1.82) is 0 Å². The van der Waals surface area contributed by atoms with Crippen molar-refractivity contribution in [1.82, 2.24) is 4.98 Å². The van der Waals surface area contributed by atoms with Gasteiger partial charge in [-0.3, -0.25) is 0 Å².